The highest BCUT2D eigenvalue weighted by Gasteiger charge is 2.02. The first-order chi connectivity index (χ1) is 11.3. The lowest BCUT2D eigenvalue weighted by Crippen LogP contribution is -2.31. The maximum Gasteiger partial charge on any atom is 0.243 e. The average Bonchev–Trinajstić information content (AvgIpc) is 3.22. The molecular formula is C18H32N4O+2. The van der Waals surface area contributed by atoms with Gasteiger partial charge in [-0.15, -0.1) is 0 Å². The highest BCUT2D eigenvalue weighted by Crippen LogP contribution is 1.95. The first-order valence-corrected chi connectivity index (χ1v) is 8.99. The van der Waals surface area contributed by atoms with Gasteiger partial charge in [-0.2, -0.15) is 0 Å². The van der Waals surface area contributed by atoms with Crippen LogP contribution >= 0.6 is 0 Å². The first kappa shape index (κ1) is 17.7. The van der Waals surface area contributed by atoms with Crippen LogP contribution in [0.5, 0.6) is 0 Å². The molecule has 2 aromatic rings. The van der Waals surface area contributed by atoms with Gasteiger partial charge in [-0.1, -0.05) is 0 Å². The van der Waals surface area contributed by atoms with E-state index in [2.05, 4.69) is 69.6 Å². The van der Waals surface area contributed by atoms with E-state index >= 15 is 0 Å². The predicted molar refractivity (Wildman–Crippen MR) is 89.9 cm³/mol. The molecule has 0 bridgehead atoms. The molecule has 5 heteroatoms. The van der Waals surface area contributed by atoms with Gasteiger partial charge >= 0.3 is 0 Å². The summed E-state index contributed by atoms with van der Waals surface area (Å²) in [4.78, 5) is 0. The van der Waals surface area contributed by atoms with Crippen LogP contribution in [-0.2, 0) is 30.9 Å². The zero-order valence-corrected chi connectivity index (χ0v) is 14.7. The van der Waals surface area contributed by atoms with Crippen molar-refractivity contribution in [2.45, 2.75) is 65.7 Å². The van der Waals surface area contributed by atoms with E-state index < -0.39 is 0 Å². The van der Waals surface area contributed by atoms with Crippen LogP contribution in [-0.4, -0.2) is 22.3 Å². The molecule has 0 fully saturated rings. The normalized spacial score (nSPS) is 11.2. The Morgan fingerprint density at radius 1 is 0.739 bits per heavy atom. The van der Waals surface area contributed by atoms with E-state index in [1.165, 1.54) is 12.8 Å². The fourth-order valence-corrected chi connectivity index (χ4v) is 2.62. The Morgan fingerprint density at radius 2 is 1.22 bits per heavy atom. The van der Waals surface area contributed by atoms with Gasteiger partial charge in [0.25, 0.3) is 0 Å². The highest BCUT2D eigenvalue weighted by molar-refractivity contribution is 4.65. The first-order valence-electron chi connectivity index (χ1n) is 8.99. The van der Waals surface area contributed by atoms with Crippen LogP contribution in [0.25, 0.3) is 0 Å². The van der Waals surface area contributed by atoms with Crippen LogP contribution in [0.2, 0.25) is 0 Å². The third-order valence-corrected chi connectivity index (χ3v) is 4.13. The zero-order chi connectivity index (χ0) is 16.3. The molecule has 0 amide bonds. The van der Waals surface area contributed by atoms with Gasteiger partial charge in [-0.05, 0) is 39.5 Å². The third kappa shape index (κ3) is 6.57. The standard InChI is InChI=1S/C18H32N4O/c1-3-19-11-13-21(17-19)9-5-7-15-23-16-8-6-10-22-14-12-20(4-2)18-22/h11-14,17-18H,3-10,15-16H2,1-2H3/q+2. The molecule has 0 radical (unpaired) electrons. The fourth-order valence-electron chi connectivity index (χ4n) is 2.62. The minimum absolute atomic E-state index is 0.883. The van der Waals surface area contributed by atoms with Crippen molar-refractivity contribution in [3.63, 3.8) is 0 Å². The van der Waals surface area contributed by atoms with E-state index in [-0.39, 0.29) is 0 Å². The van der Waals surface area contributed by atoms with E-state index in [1.807, 2.05) is 0 Å². The molecule has 23 heavy (non-hydrogen) atoms. The van der Waals surface area contributed by atoms with E-state index in [0.717, 1.165) is 52.2 Å². The maximum atomic E-state index is 5.73. The summed E-state index contributed by atoms with van der Waals surface area (Å²) < 4.78 is 14.6. The third-order valence-electron chi connectivity index (χ3n) is 4.13. The molecule has 0 saturated carbocycles. The smallest absolute Gasteiger partial charge is 0.243 e. The number of hydrogen-bond acceptors (Lipinski definition) is 1. The highest BCUT2D eigenvalue weighted by atomic mass is 16.5. The Balaban J connectivity index is 1.42. The van der Waals surface area contributed by atoms with Crippen molar-refractivity contribution in [3.8, 4) is 0 Å². The zero-order valence-electron chi connectivity index (χ0n) is 14.7. The summed E-state index contributed by atoms with van der Waals surface area (Å²) in [6.07, 6.45) is 17.5. The molecule has 0 spiro atoms. The van der Waals surface area contributed by atoms with Crippen LogP contribution in [0.1, 0.15) is 39.5 Å². The van der Waals surface area contributed by atoms with Gasteiger partial charge < -0.3 is 4.74 Å². The lowest BCUT2D eigenvalue weighted by molar-refractivity contribution is -0.697. The van der Waals surface area contributed by atoms with Gasteiger partial charge in [-0.25, -0.2) is 18.3 Å². The van der Waals surface area contributed by atoms with Gasteiger partial charge in [0, 0.05) is 13.2 Å². The van der Waals surface area contributed by atoms with Gasteiger partial charge in [0.1, 0.15) is 24.8 Å². The molecule has 0 atom stereocenters. The van der Waals surface area contributed by atoms with Gasteiger partial charge in [0.15, 0.2) is 0 Å². The van der Waals surface area contributed by atoms with Crippen molar-refractivity contribution < 1.29 is 13.9 Å². The molecule has 2 aromatic heterocycles. The molecule has 0 aliphatic heterocycles. The molecule has 2 heterocycles. The Labute approximate surface area is 140 Å². The molecule has 0 saturated heterocycles. The minimum Gasteiger partial charge on any atom is -0.381 e. The van der Waals surface area contributed by atoms with Crippen molar-refractivity contribution >= 4 is 0 Å². The van der Waals surface area contributed by atoms with Crippen LogP contribution in [0.3, 0.4) is 0 Å². The second kappa shape index (κ2) is 10.2. The van der Waals surface area contributed by atoms with E-state index in [1.54, 1.807) is 0 Å². The van der Waals surface area contributed by atoms with E-state index in [9.17, 15) is 0 Å². The lowest BCUT2D eigenvalue weighted by atomic mass is 10.3. The summed E-state index contributed by atoms with van der Waals surface area (Å²) in [5.74, 6) is 0. The summed E-state index contributed by atoms with van der Waals surface area (Å²) in [6, 6.07) is 0. The topological polar surface area (TPSA) is 26.8 Å². The number of ether oxygens (including phenoxy) is 1. The number of hydrogen-bond donors (Lipinski definition) is 0. The minimum atomic E-state index is 0.883. The molecule has 0 aliphatic rings. The summed E-state index contributed by atoms with van der Waals surface area (Å²) in [7, 11) is 0. The van der Waals surface area contributed by atoms with Crippen molar-refractivity contribution in [2.75, 3.05) is 13.2 Å². The molecule has 0 unspecified atom stereocenters. The van der Waals surface area contributed by atoms with E-state index in [0.29, 0.717) is 0 Å². The summed E-state index contributed by atoms with van der Waals surface area (Å²) in [5.41, 5.74) is 0. The van der Waals surface area contributed by atoms with Gasteiger partial charge in [0.05, 0.1) is 26.2 Å². The van der Waals surface area contributed by atoms with Crippen LogP contribution in [0.15, 0.2) is 37.4 Å². The number of unbranched alkanes of at least 4 members (excludes halogenated alkanes) is 2. The number of rotatable bonds is 12. The SMILES string of the molecule is CCn1cc[n+](CCCCOCCCC[n+]2ccn(CC)c2)c1. The largest absolute Gasteiger partial charge is 0.381 e. The number of aryl methyl sites for hydroxylation is 4. The summed E-state index contributed by atoms with van der Waals surface area (Å²) in [5, 5.41) is 0. The Bertz CT molecular complexity index is 498. The summed E-state index contributed by atoms with van der Waals surface area (Å²) in [6.45, 7) is 10.3. The van der Waals surface area contributed by atoms with E-state index in [4.69, 9.17) is 4.74 Å². The quantitative estimate of drug-likeness (QED) is 0.435. The molecular weight excluding hydrogens is 288 g/mol. The number of imidazole rings is 2. The predicted octanol–water partition coefficient (Wildman–Crippen LogP) is 2.18. The van der Waals surface area contributed by atoms with Crippen molar-refractivity contribution in [2.24, 2.45) is 0 Å². The Kier molecular flexibility index (Phi) is 7.87. The molecule has 128 valence electrons. The summed E-state index contributed by atoms with van der Waals surface area (Å²) >= 11 is 0. The fraction of sp³-hybridized carbons (Fsp3) is 0.667. The molecule has 0 aromatic carbocycles. The second-order valence-electron chi connectivity index (χ2n) is 5.99. The van der Waals surface area contributed by atoms with Gasteiger partial charge in [-0.3, -0.25) is 0 Å². The molecule has 2 rings (SSSR count). The van der Waals surface area contributed by atoms with Gasteiger partial charge in [0.2, 0.25) is 12.7 Å². The molecule has 5 nitrogen and oxygen atoms in total. The number of aromatic nitrogens is 4. The lowest BCUT2D eigenvalue weighted by Gasteiger charge is -2.03. The second-order valence-corrected chi connectivity index (χ2v) is 5.99. The monoisotopic (exact) mass is 320 g/mol. The van der Waals surface area contributed by atoms with Crippen molar-refractivity contribution in [3.05, 3.63) is 37.4 Å². The average molecular weight is 320 g/mol. The Morgan fingerprint density at radius 3 is 1.61 bits per heavy atom. The number of nitrogens with zero attached hydrogens (tertiary/aromatic N) is 4. The van der Waals surface area contributed by atoms with Crippen LogP contribution < -0.4 is 9.13 Å². The Hall–Kier alpha value is -1.62. The van der Waals surface area contributed by atoms with Crippen molar-refractivity contribution in [1.29, 1.82) is 0 Å². The molecule has 0 aliphatic carbocycles. The maximum absolute atomic E-state index is 5.73. The molecule has 0 N–H and O–H groups in total. The van der Waals surface area contributed by atoms with Crippen LogP contribution in [0.4, 0.5) is 0 Å². The van der Waals surface area contributed by atoms with Crippen molar-refractivity contribution in [1.82, 2.24) is 9.13 Å². The van der Waals surface area contributed by atoms with Crippen LogP contribution in [0, 0.1) is 0 Å².